The molecule has 0 bridgehead atoms. The molecule has 0 aliphatic heterocycles. The van der Waals surface area contributed by atoms with Crippen LogP contribution in [0.15, 0.2) is 18.2 Å². The molecule has 1 aromatic rings. The van der Waals surface area contributed by atoms with Gasteiger partial charge in [0.25, 0.3) is 0 Å². The van der Waals surface area contributed by atoms with Crippen molar-refractivity contribution in [1.82, 2.24) is 0 Å². The topological polar surface area (TPSA) is 95.7 Å². The van der Waals surface area contributed by atoms with Crippen LogP contribution in [0, 0.1) is 10.1 Å². The standard InChI is InChI=1S/C14H15NO6/c1-20-12-7-6-9(8-10(12)15(18)19)14(17)21-13-5-3-2-4-11(13)16/h6-8,13H,2-5H2,1H3. The van der Waals surface area contributed by atoms with Crippen LogP contribution in [-0.4, -0.2) is 29.9 Å². The Balaban J connectivity index is 2.17. The largest absolute Gasteiger partial charge is 0.490 e. The Labute approximate surface area is 121 Å². The number of methoxy groups -OCH3 is 1. The predicted molar refractivity (Wildman–Crippen MR) is 72.3 cm³/mol. The first kappa shape index (κ1) is 15.0. The van der Waals surface area contributed by atoms with Gasteiger partial charge < -0.3 is 9.47 Å². The molecule has 1 saturated carbocycles. The van der Waals surface area contributed by atoms with Crippen molar-refractivity contribution in [1.29, 1.82) is 0 Å². The van der Waals surface area contributed by atoms with E-state index in [0.29, 0.717) is 12.8 Å². The molecule has 7 heteroatoms. The molecule has 1 aliphatic rings. The van der Waals surface area contributed by atoms with Crippen LogP contribution in [0.3, 0.4) is 0 Å². The molecule has 2 rings (SSSR count). The van der Waals surface area contributed by atoms with Crippen LogP contribution in [0.25, 0.3) is 0 Å². The second-order valence-corrected chi connectivity index (χ2v) is 4.75. The van der Waals surface area contributed by atoms with Crippen molar-refractivity contribution in [2.24, 2.45) is 0 Å². The van der Waals surface area contributed by atoms with Crippen LogP contribution in [0.4, 0.5) is 5.69 Å². The molecular formula is C14H15NO6. The van der Waals surface area contributed by atoms with E-state index in [4.69, 9.17) is 9.47 Å². The van der Waals surface area contributed by atoms with E-state index < -0.39 is 17.0 Å². The van der Waals surface area contributed by atoms with Gasteiger partial charge in [-0.2, -0.15) is 0 Å². The number of carbonyl (C=O) groups excluding carboxylic acids is 2. The molecule has 0 amide bonds. The molecule has 7 nitrogen and oxygen atoms in total. The first-order valence-electron chi connectivity index (χ1n) is 6.59. The normalized spacial score (nSPS) is 18.1. The second kappa shape index (κ2) is 6.34. The third kappa shape index (κ3) is 3.36. The summed E-state index contributed by atoms with van der Waals surface area (Å²) in [5, 5.41) is 10.9. The number of nitrogens with zero attached hydrogens (tertiary/aromatic N) is 1. The average Bonchev–Trinajstić information content (AvgIpc) is 2.48. The summed E-state index contributed by atoms with van der Waals surface area (Å²) in [5.41, 5.74) is -0.289. The van der Waals surface area contributed by atoms with Crippen LogP contribution >= 0.6 is 0 Å². The molecule has 0 aromatic heterocycles. The molecule has 1 fully saturated rings. The highest BCUT2D eigenvalue weighted by Gasteiger charge is 2.27. The predicted octanol–water partition coefficient (Wildman–Crippen LogP) is 2.27. The van der Waals surface area contributed by atoms with E-state index in [0.717, 1.165) is 18.9 Å². The van der Waals surface area contributed by atoms with Gasteiger partial charge >= 0.3 is 11.7 Å². The van der Waals surface area contributed by atoms with Gasteiger partial charge in [0.15, 0.2) is 17.6 Å². The molecule has 0 saturated heterocycles. The summed E-state index contributed by atoms with van der Waals surface area (Å²) in [6, 6.07) is 3.80. The van der Waals surface area contributed by atoms with Crippen LogP contribution in [0.1, 0.15) is 36.0 Å². The van der Waals surface area contributed by atoms with Crippen molar-refractivity contribution in [2.75, 3.05) is 7.11 Å². The molecule has 1 aliphatic carbocycles. The van der Waals surface area contributed by atoms with Crippen molar-refractivity contribution >= 4 is 17.4 Å². The van der Waals surface area contributed by atoms with Gasteiger partial charge in [-0.1, -0.05) is 0 Å². The van der Waals surface area contributed by atoms with Crippen LogP contribution < -0.4 is 4.74 Å². The number of rotatable bonds is 4. The van der Waals surface area contributed by atoms with Gasteiger partial charge in [0.05, 0.1) is 17.6 Å². The molecule has 0 spiro atoms. The summed E-state index contributed by atoms with van der Waals surface area (Å²) < 4.78 is 10.0. The Hall–Kier alpha value is -2.44. The summed E-state index contributed by atoms with van der Waals surface area (Å²) in [7, 11) is 1.31. The fraction of sp³-hybridized carbons (Fsp3) is 0.429. The molecule has 1 aromatic carbocycles. The number of nitro groups is 1. The second-order valence-electron chi connectivity index (χ2n) is 4.75. The number of ether oxygens (including phenoxy) is 2. The van der Waals surface area contributed by atoms with Gasteiger partial charge in [-0.15, -0.1) is 0 Å². The molecule has 0 heterocycles. The summed E-state index contributed by atoms with van der Waals surface area (Å²) >= 11 is 0. The van der Waals surface area contributed by atoms with Gasteiger partial charge in [0, 0.05) is 12.5 Å². The maximum Gasteiger partial charge on any atom is 0.339 e. The van der Waals surface area contributed by atoms with Gasteiger partial charge in [-0.05, 0) is 31.4 Å². The van der Waals surface area contributed by atoms with Crippen LogP contribution in [0.2, 0.25) is 0 Å². The minimum Gasteiger partial charge on any atom is -0.490 e. The van der Waals surface area contributed by atoms with Crippen molar-refractivity contribution in [2.45, 2.75) is 31.8 Å². The van der Waals surface area contributed by atoms with E-state index in [2.05, 4.69) is 0 Å². The summed E-state index contributed by atoms with van der Waals surface area (Å²) in [6.07, 6.45) is 1.80. The van der Waals surface area contributed by atoms with E-state index in [1.54, 1.807) is 0 Å². The lowest BCUT2D eigenvalue weighted by Crippen LogP contribution is -2.30. The highest BCUT2D eigenvalue weighted by Crippen LogP contribution is 2.28. The lowest BCUT2D eigenvalue weighted by atomic mass is 9.96. The van der Waals surface area contributed by atoms with Crippen LogP contribution in [-0.2, 0) is 9.53 Å². The third-order valence-electron chi connectivity index (χ3n) is 3.36. The molecule has 0 N–H and O–H groups in total. The molecular weight excluding hydrogens is 278 g/mol. The number of ketones is 1. The smallest absolute Gasteiger partial charge is 0.339 e. The zero-order valence-electron chi connectivity index (χ0n) is 11.5. The number of benzene rings is 1. The number of esters is 1. The highest BCUT2D eigenvalue weighted by atomic mass is 16.6. The third-order valence-corrected chi connectivity index (χ3v) is 3.36. The first-order chi connectivity index (χ1) is 10.0. The summed E-state index contributed by atoms with van der Waals surface area (Å²) in [4.78, 5) is 33.9. The van der Waals surface area contributed by atoms with Crippen molar-refractivity contribution < 1.29 is 24.0 Å². The molecule has 112 valence electrons. The fourth-order valence-corrected chi connectivity index (χ4v) is 2.23. The van der Waals surface area contributed by atoms with E-state index in [-0.39, 0.29) is 22.8 Å². The molecule has 0 radical (unpaired) electrons. The number of hydrogen-bond acceptors (Lipinski definition) is 6. The number of carbonyl (C=O) groups is 2. The minimum absolute atomic E-state index is 0.0286. The number of hydrogen-bond donors (Lipinski definition) is 0. The van der Waals surface area contributed by atoms with Gasteiger partial charge in [-0.25, -0.2) is 4.79 Å². The Morgan fingerprint density at radius 1 is 1.38 bits per heavy atom. The summed E-state index contributed by atoms with van der Waals surface area (Å²) in [5.74, 6) is -0.774. The SMILES string of the molecule is COc1ccc(C(=O)OC2CCCCC2=O)cc1[N+](=O)[O-]. The number of Topliss-reactive ketones (excluding diaryl/α,β-unsaturated/α-hetero) is 1. The van der Waals surface area contributed by atoms with Gasteiger partial charge in [0.2, 0.25) is 0 Å². The van der Waals surface area contributed by atoms with Crippen molar-refractivity contribution in [3.63, 3.8) is 0 Å². The minimum atomic E-state index is -0.743. The maximum atomic E-state index is 12.0. The monoisotopic (exact) mass is 293 g/mol. The molecule has 1 atom stereocenters. The lowest BCUT2D eigenvalue weighted by Gasteiger charge is -2.20. The number of nitro benzene ring substituents is 1. The van der Waals surface area contributed by atoms with Crippen LogP contribution in [0.5, 0.6) is 5.75 Å². The van der Waals surface area contributed by atoms with Crippen molar-refractivity contribution in [3.8, 4) is 5.75 Å². The zero-order valence-corrected chi connectivity index (χ0v) is 11.5. The van der Waals surface area contributed by atoms with E-state index in [9.17, 15) is 19.7 Å². The Kier molecular flexibility index (Phi) is 4.52. The maximum absolute atomic E-state index is 12.0. The fourth-order valence-electron chi connectivity index (χ4n) is 2.23. The van der Waals surface area contributed by atoms with Gasteiger partial charge in [-0.3, -0.25) is 14.9 Å². The highest BCUT2D eigenvalue weighted by molar-refractivity contribution is 5.93. The summed E-state index contributed by atoms with van der Waals surface area (Å²) in [6.45, 7) is 0. The van der Waals surface area contributed by atoms with E-state index in [1.807, 2.05) is 0 Å². The quantitative estimate of drug-likeness (QED) is 0.480. The van der Waals surface area contributed by atoms with Crippen molar-refractivity contribution in [3.05, 3.63) is 33.9 Å². The first-order valence-corrected chi connectivity index (χ1v) is 6.59. The molecule has 21 heavy (non-hydrogen) atoms. The van der Waals surface area contributed by atoms with E-state index in [1.165, 1.54) is 19.2 Å². The lowest BCUT2D eigenvalue weighted by molar-refractivity contribution is -0.385. The zero-order chi connectivity index (χ0) is 15.4. The van der Waals surface area contributed by atoms with Gasteiger partial charge in [0.1, 0.15) is 0 Å². The molecule has 1 unspecified atom stereocenters. The Morgan fingerprint density at radius 2 is 2.14 bits per heavy atom. The average molecular weight is 293 g/mol. The Bertz CT molecular complexity index is 583. The Morgan fingerprint density at radius 3 is 2.76 bits per heavy atom. The van der Waals surface area contributed by atoms with E-state index >= 15 is 0 Å².